The second-order valence-electron chi connectivity index (χ2n) is 6.75. The molecule has 0 N–H and O–H groups in total. The number of ether oxygens (including phenoxy) is 2. The van der Waals surface area contributed by atoms with Crippen molar-refractivity contribution in [1.29, 1.82) is 0 Å². The van der Waals surface area contributed by atoms with E-state index in [0.717, 1.165) is 17.2 Å². The maximum absolute atomic E-state index is 12.8. The van der Waals surface area contributed by atoms with Crippen LogP contribution in [-0.4, -0.2) is 19.3 Å². The summed E-state index contributed by atoms with van der Waals surface area (Å²) in [5, 5.41) is 0. The molecular formula is C19H16ClF3O3. The molecule has 0 spiro atoms. The lowest BCUT2D eigenvalue weighted by Gasteiger charge is -2.18. The average Bonchev–Trinajstić information content (AvgIpc) is 2.88. The summed E-state index contributed by atoms with van der Waals surface area (Å²) in [7, 11) is 0. The van der Waals surface area contributed by atoms with Crippen molar-refractivity contribution >= 4 is 17.9 Å². The first kappa shape index (κ1) is 18.6. The van der Waals surface area contributed by atoms with E-state index in [0.29, 0.717) is 24.2 Å². The van der Waals surface area contributed by atoms with Gasteiger partial charge in [-0.3, -0.25) is 4.79 Å². The van der Waals surface area contributed by atoms with Crippen LogP contribution in [0, 0.1) is 0 Å². The number of hydrogen-bond donors (Lipinski definition) is 0. The molecule has 2 aromatic carbocycles. The largest absolute Gasteiger partial charge is 0.573 e. The Labute approximate surface area is 153 Å². The molecular weight excluding hydrogens is 369 g/mol. The van der Waals surface area contributed by atoms with Gasteiger partial charge in [0.1, 0.15) is 17.8 Å². The molecule has 138 valence electrons. The van der Waals surface area contributed by atoms with Gasteiger partial charge in [0.05, 0.1) is 6.61 Å². The number of rotatable bonds is 4. The molecule has 3 rings (SSSR count). The van der Waals surface area contributed by atoms with Crippen molar-refractivity contribution in [2.45, 2.75) is 31.5 Å². The molecule has 0 atom stereocenters. The van der Waals surface area contributed by atoms with Crippen LogP contribution >= 0.6 is 11.6 Å². The third-order valence-corrected chi connectivity index (χ3v) is 4.57. The van der Waals surface area contributed by atoms with Gasteiger partial charge in [-0.2, -0.15) is 0 Å². The smallest absolute Gasteiger partial charge is 0.492 e. The molecule has 26 heavy (non-hydrogen) atoms. The van der Waals surface area contributed by atoms with E-state index in [1.165, 1.54) is 12.1 Å². The van der Waals surface area contributed by atoms with Crippen molar-refractivity contribution in [1.82, 2.24) is 0 Å². The van der Waals surface area contributed by atoms with Gasteiger partial charge in [-0.05, 0) is 29.8 Å². The number of alkyl halides is 4. The summed E-state index contributed by atoms with van der Waals surface area (Å²) in [6.45, 7) is 4.36. The van der Waals surface area contributed by atoms with Crippen LogP contribution in [0.5, 0.6) is 11.5 Å². The van der Waals surface area contributed by atoms with E-state index in [-0.39, 0.29) is 22.4 Å². The Morgan fingerprint density at radius 3 is 2.58 bits per heavy atom. The van der Waals surface area contributed by atoms with Crippen molar-refractivity contribution in [2.75, 3.05) is 6.61 Å². The Balaban J connectivity index is 2.26. The maximum Gasteiger partial charge on any atom is 0.573 e. The van der Waals surface area contributed by atoms with Crippen LogP contribution < -0.4 is 9.47 Å². The van der Waals surface area contributed by atoms with E-state index < -0.39 is 12.1 Å². The summed E-state index contributed by atoms with van der Waals surface area (Å²) in [6, 6.07) is 7.32. The zero-order chi connectivity index (χ0) is 19.1. The summed E-state index contributed by atoms with van der Waals surface area (Å²) in [5.41, 5.74) is 2.09. The highest BCUT2D eigenvalue weighted by molar-refractivity contribution is 6.17. The number of carbonyl (C=O) groups excluding carboxylic acids is 1. The van der Waals surface area contributed by atoms with E-state index in [2.05, 4.69) is 4.74 Å². The van der Waals surface area contributed by atoms with Gasteiger partial charge in [-0.15, -0.1) is 24.8 Å². The second kappa shape index (κ2) is 6.50. The van der Waals surface area contributed by atoms with Gasteiger partial charge < -0.3 is 9.47 Å². The van der Waals surface area contributed by atoms with Gasteiger partial charge >= 0.3 is 6.36 Å². The first-order valence-corrected chi connectivity index (χ1v) is 8.39. The van der Waals surface area contributed by atoms with Crippen LogP contribution in [0.1, 0.15) is 35.3 Å². The zero-order valence-corrected chi connectivity index (χ0v) is 14.9. The normalized spacial score (nSPS) is 15.3. The van der Waals surface area contributed by atoms with Crippen LogP contribution in [0.3, 0.4) is 0 Å². The van der Waals surface area contributed by atoms with Gasteiger partial charge in [0.25, 0.3) is 0 Å². The lowest BCUT2D eigenvalue weighted by atomic mass is 9.84. The monoisotopic (exact) mass is 384 g/mol. The third-order valence-electron chi connectivity index (χ3n) is 4.27. The Hall–Kier alpha value is -2.21. The molecule has 0 fully saturated rings. The first-order chi connectivity index (χ1) is 12.1. The highest BCUT2D eigenvalue weighted by atomic mass is 35.5. The number of aldehydes is 1. The van der Waals surface area contributed by atoms with E-state index >= 15 is 0 Å². The predicted molar refractivity (Wildman–Crippen MR) is 92.0 cm³/mol. The minimum absolute atomic E-state index is 0.132. The minimum atomic E-state index is -4.86. The Morgan fingerprint density at radius 2 is 1.96 bits per heavy atom. The van der Waals surface area contributed by atoms with Crippen molar-refractivity contribution in [3.8, 4) is 22.6 Å². The van der Waals surface area contributed by atoms with E-state index in [1.54, 1.807) is 6.07 Å². The average molecular weight is 385 g/mol. The molecule has 0 aliphatic carbocycles. The van der Waals surface area contributed by atoms with Gasteiger partial charge in [0, 0.05) is 33.5 Å². The fourth-order valence-corrected chi connectivity index (χ4v) is 3.15. The Bertz CT molecular complexity index is 860. The molecule has 1 aliphatic rings. The Kier molecular flexibility index (Phi) is 4.65. The van der Waals surface area contributed by atoms with Crippen LogP contribution in [-0.2, 0) is 11.3 Å². The third kappa shape index (κ3) is 3.51. The number of benzene rings is 2. The molecule has 0 unspecified atom stereocenters. The fraction of sp³-hybridized carbons (Fsp3) is 0.316. The maximum atomic E-state index is 12.8. The van der Waals surface area contributed by atoms with Crippen LogP contribution in [0.25, 0.3) is 11.1 Å². The van der Waals surface area contributed by atoms with Crippen LogP contribution in [0.15, 0.2) is 30.3 Å². The van der Waals surface area contributed by atoms with Gasteiger partial charge in [0.2, 0.25) is 0 Å². The summed E-state index contributed by atoms with van der Waals surface area (Å²) in [4.78, 5) is 11.1. The molecule has 0 saturated heterocycles. The van der Waals surface area contributed by atoms with E-state index in [9.17, 15) is 18.0 Å². The number of fused-ring (bicyclic) bond motifs is 1. The van der Waals surface area contributed by atoms with Gasteiger partial charge in [-0.25, -0.2) is 0 Å². The van der Waals surface area contributed by atoms with E-state index in [4.69, 9.17) is 16.3 Å². The minimum Gasteiger partial charge on any atom is -0.492 e. The molecule has 2 aromatic rings. The molecule has 0 radical (unpaired) electrons. The zero-order valence-electron chi connectivity index (χ0n) is 14.1. The SMILES string of the molecule is CC1(C)COc2c(-c3cc(C=O)ccc3OC(F)(F)F)cc(CCl)cc21. The fourth-order valence-electron chi connectivity index (χ4n) is 3.00. The van der Waals surface area contributed by atoms with Crippen LogP contribution in [0.2, 0.25) is 0 Å². The summed E-state index contributed by atoms with van der Waals surface area (Å²) < 4.78 is 48.4. The van der Waals surface area contributed by atoms with Crippen molar-refractivity contribution in [2.24, 2.45) is 0 Å². The molecule has 0 bridgehead atoms. The lowest BCUT2D eigenvalue weighted by molar-refractivity contribution is -0.274. The topological polar surface area (TPSA) is 35.5 Å². The molecule has 0 saturated carbocycles. The molecule has 7 heteroatoms. The second-order valence-corrected chi connectivity index (χ2v) is 7.01. The molecule has 1 aliphatic heterocycles. The summed E-state index contributed by atoms with van der Waals surface area (Å²) in [5.74, 6) is 0.281. The number of carbonyl (C=O) groups is 1. The highest BCUT2D eigenvalue weighted by Gasteiger charge is 2.36. The number of halogens is 4. The standard InChI is InChI=1S/C19H16ClF3O3/c1-18(2)10-25-17-14(6-12(8-20)7-15(17)18)13-5-11(9-24)3-4-16(13)26-19(21,22)23/h3-7,9H,8,10H2,1-2H3. The Morgan fingerprint density at radius 1 is 1.23 bits per heavy atom. The van der Waals surface area contributed by atoms with E-state index in [1.807, 2.05) is 19.9 Å². The van der Waals surface area contributed by atoms with Gasteiger partial charge in [0.15, 0.2) is 0 Å². The lowest BCUT2D eigenvalue weighted by Crippen LogP contribution is -2.18. The predicted octanol–water partition coefficient (Wildman–Crippen LogP) is 5.47. The van der Waals surface area contributed by atoms with Crippen molar-refractivity contribution < 1.29 is 27.4 Å². The van der Waals surface area contributed by atoms with Crippen molar-refractivity contribution in [3.05, 3.63) is 47.0 Å². The first-order valence-electron chi connectivity index (χ1n) is 7.86. The summed E-state index contributed by atoms with van der Waals surface area (Å²) in [6.07, 6.45) is -4.29. The molecule has 3 nitrogen and oxygen atoms in total. The molecule has 0 aromatic heterocycles. The van der Waals surface area contributed by atoms with Crippen molar-refractivity contribution in [3.63, 3.8) is 0 Å². The highest BCUT2D eigenvalue weighted by Crippen LogP contribution is 2.48. The van der Waals surface area contributed by atoms with Gasteiger partial charge in [-0.1, -0.05) is 19.9 Å². The quantitative estimate of drug-likeness (QED) is 0.517. The molecule has 0 amide bonds. The number of hydrogen-bond acceptors (Lipinski definition) is 3. The molecule has 1 heterocycles. The van der Waals surface area contributed by atoms with Crippen LogP contribution in [0.4, 0.5) is 13.2 Å². The summed E-state index contributed by atoms with van der Waals surface area (Å²) >= 11 is 5.98.